The lowest BCUT2D eigenvalue weighted by Gasteiger charge is -2.15. The van der Waals surface area contributed by atoms with E-state index in [1.54, 1.807) is 39.8 Å². The summed E-state index contributed by atoms with van der Waals surface area (Å²) in [5.74, 6) is 2.59. The first-order valence-electron chi connectivity index (χ1n) is 8.60. The highest BCUT2D eigenvalue weighted by molar-refractivity contribution is 5.82. The Morgan fingerprint density at radius 1 is 0.929 bits per heavy atom. The van der Waals surface area contributed by atoms with E-state index in [1.165, 1.54) is 0 Å². The van der Waals surface area contributed by atoms with E-state index < -0.39 is 0 Å². The summed E-state index contributed by atoms with van der Waals surface area (Å²) >= 11 is 0. The van der Waals surface area contributed by atoms with Crippen molar-refractivity contribution in [3.05, 3.63) is 36.4 Å². The molecule has 0 aliphatic heterocycles. The van der Waals surface area contributed by atoms with Gasteiger partial charge >= 0.3 is 0 Å². The average Bonchev–Trinajstić information content (AvgIpc) is 2.71. The maximum atomic E-state index is 5.42. The maximum absolute atomic E-state index is 5.42. The van der Waals surface area contributed by atoms with Crippen molar-refractivity contribution in [1.29, 1.82) is 0 Å². The van der Waals surface area contributed by atoms with Crippen molar-refractivity contribution in [2.24, 2.45) is 4.99 Å². The number of hydrogen-bond donors (Lipinski definition) is 1. The topological polar surface area (TPSA) is 81.1 Å². The monoisotopic (exact) mass is 381 g/mol. The summed E-state index contributed by atoms with van der Waals surface area (Å²) in [6, 6.07) is 11.3. The van der Waals surface area contributed by atoms with Gasteiger partial charge < -0.3 is 24.4 Å². The molecule has 0 aliphatic carbocycles. The zero-order chi connectivity index (χ0) is 20.1. The van der Waals surface area contributed by atoms with Crippen molar-refractivity contribution >= 4 is 34.7 Å². The van der Waals surface area contributed by atoms with E-state index in [0.717, 1.165) is 11.0 Å². The van der Waals surface area contributed by atoms with Gasteiger partial charge in [-0.1, -0.05) is 12.1 Å². The van der Waals surface area contributed by atoms with Crippen molar-refractivity contribution in [2.45, 2.75) is 0 Å². The average molecular weight is 381 g/mol. The predicted octanol–water partition coefficient (Wildman–Crippen LogP) is 3.62. The SMILES string of the molecule is COc1cc(Nc2nc3ccccc3nc2N=CN(C)C)cc(OC)c1OC. The van der Waals surface area contributed by atoms with Crippen LogP contribution in [0.1, 0.15) is 0 Å². The molecule has 0 fully saturated rings. The number of fused-ring (bicyclic) bond motifs is 1. The Labute approximate surface area is 163 Å². The largest absolute Gasteiger partial charge is 0.493 e. The molecule has 146 valence electrons. The summed E-state index contributed by atoms with van der Waals surface area (Å²) in [5.41, 5.74) is 2.24. The number of para-hydroxylation sites is 2. The zero-order valence-corrected chi connectivity index (χ0v) is 16.6. The Kier molecular flexibility index (Phi) is 5.78. The number of methoxy groups -OCH3 is 3. The van der Waals surface area contributed by atoms with Crippen LogP contribution in [0.5, 0.6) is 17.2 Å². The van der Waals surface area contributed by atoms with E-state index in [0.29, 0.717) is 34.6 Å². The molecule has 28 heavy (non-hydrogen) atoms. The summed E-state index contributed by atoms with van der Waals surface area (Å²) in [6.45, 7) is 0. The van der Waals surface area contributed by atoms with Crippen LogP contribution >= 0.6 is 0 Å². The number of ether oxygens (including phenoxy) is 3. The molecular formula is C20H23N5O3. The third-order valence-electron chi connectivity index (χ3n) is 3.89. The third-order valence-corrected chi connectivity index (χ3v) is 3.89. The molecule has 0 saturated heterocycles. The van der Waals surface area contributed by atoms with Crippen molar-refractivity contribution in [2.75, 3.05) is 40.7 Å². The predicted molar refractivity (Wildman–Crippen MR) is 111 cm³/mol. The van der Waals surface area contributed by atoms with Crippen LogP contribution in [0.4, 0.5) is 17.3 Å². The minimum atomic E-state index is 0.473. The van der Waals surface area contributed by atoms with Gasteiger partial charge in [0, 0.05) is 31.9 Å². The minimum absolute atomic E-state index is 0.473. The Morgan fingerprint density at radius 2 is 1.54 bits per heavy atom. The van der Waals surface area contributed by atoms with Gasteiger partial charge in [-0.15, -0.1) is 0 Å². The van der Waals surface area contributed by atoms with E-state index in [-0.39, 0.29) is 0 Å². The van der Waals surface area contributed by atoms with E-state index in [2.05, 4.69) is 20.3 Å². The molecular weight excluding hydrogens is 358 g/mol. The van der Waals surface area contributed by atoms with Gasteiger partial charge in [-0.05, 0) is 12.1 Å². The Hall–Kier alpha value is -3.55. The van der Waals surface area contributed by atoms with Gasteiger partial charge in [-0.2, -0.15) is 0 Å². The first-order valence-corrected chi connectivity index (χ1v) is 8.60. The standard InChI is InChI=1S/C20H23N5O3/c1-25(2)12-21-19-20(24-15-9-7-6-8-14(15)23-19)22-13-10-16(26-3)18(28-5)17(11-13)27-4/h6-12H,1-5H3,(H,22,24). The fraction of sp³-hybridized carbons (Fsp3) is 0.250. The molecule has 0 amide bonds. The molecule has 0 unspecified atom stereocenters. The summed E-state index contributed by atoms with van der Waals surface area (Å²) in [6.07, 6.45) is 1.68. The number of rotatable bonds is 7. The lowest BCUT2D eigenvalue weighted by molar-refractivity contribution is 0.324. The van der Waals surface area contributed by atoms with Crippen molar-refractivity contribution in [3.63, 3.8) is 0 Å². The highest BCUT2D eigenvalue weighted by Crippen LogP contribution is 2.41. The minimum Gasteiger partial charge on any atom is -0.493 e. The van der Waals surface area contributed by atoms with Gasteiger partial charge in [-0.25, -0.2) is 15.0 Å². The van der Waals surface area contributed by atoms with Crippen molar-refractivity contribution in [3.8, 4) is 17.2 Å². The summed E-state index contributed by atoms with van der Waals surface area (Å²) in [7, 11) is 8.50. The maximum Gasteiger partial charge on any atom is 0.203 e. The van der Waals surface area contributed by atoms with Crippen molar-refractivity contribution in [1.82, 2.24) is 14.9 Å². The number of benzene rings is 2. The van der Waals surface area contributed by atoms with Crippen LogP contribution in [-0.4, -0.2) is 56.6 Å². The highest BCUT2D eigenvalue weighted by Gasteiger charge is 2.15. The van der Waals surface area contributed by atoms with Crippen LogP contribution in [0.2, 0.25) is 0 Å². The molecule has 3 aromatic rings. The van der Waals surface area contributed by atoms with Crippen LogP contribution in [0.3, 0.4) is 0 Å². The summed E-state index contributed by atoms with van der Waals surface area (Å²) < 4.78 is 16.2. The van der Waals surface area contributed by atoms with Gasteiger partial charge in [0.1, 0.15) is 0 Å². The fourth-order valence-electron chi connectivity index (χ4n) is 2.62. The van der Waals surface area contributed by atoms with E-state index in [1.807, 2.05) is 43.3 Å². The van der Waals surface area contributed by atoms with E-state index in [9.17, 15) is 0 Å². The second-order valence-electron chi connectivity index (χ2n) is 6.13. The Balaban J connectivity index is 2.09. The number of aliphatic imine (C=N–C) groups is 1. The van der Waals surface area contributed by atoms with E-state index >= 15 is 0 Å². The van der Waals surface area contributed by atoms with Crippen LogP contribution < -0.4 is 19.5 Å². The molecule has 0 aliphatic rings. The van der Waals surface area contributed by atoms with Crippen molar-refractivity contribution < 1.29 is 14.2 Å². The smallest absolute Gasteiger partial charge is 0.203 e. The third kappa shape index (κ3) is 4.06. The lowest BCUT2D eigenvalue weighted by atomic mass is 10.2. The van der Waals surface area contributed by atoms with E-state index in [4.69, 9.17) is 14.2 Å². The number of nitrogens with zero attached hydrogens (tertiary/aromatic N) is 4. The van der Waals surface area contributed by atoms with Crippen LogP contribution in [0.15, 0.2) is 41.4 Å². The number of aromatic nitrogens is 2. The van der Waals surface area contributed by atoms with Gasteiger partial charge in [0.05, 0.1) is 38.7 Å². The van der Waals surface area contributed by atoms with Gasteiger partial charge in [0.15, 0.2) is 23.1 Å². The molecule has 0 atom stereocenters. The molecule has 8 heteroatoms. The van der Waals surface area contributed by atoms with Gasteiger partial charge in [-0.3, -0.25) is 0 Å². The normalized spacial score (nSPS) is 10.9. The molecule has 1 N–H and O–H groups in total. The number of nitrogens with one attached hydrogen (secondary N) is 1. The molecule has 0 radical (unpaired) electrons. The molecule has 0 spiro atoms. The molecule has 1 aromatic heterocycles. The van der Waals surface area contributed by atoms with Crippen LogP contribution in [-0.2, 0) is 0 Å². The Morgan fingerprint density at radius 3 is 2.07 bits per heavy atom. The highest BCUT2D eigenvalue weighted by atomic mass is 16.5. The summed E-state index contributed by atoms with van der Waals surface area (Å²) in [4.78, 5) is 15.6. The molecule has 0 bridgehead atoms. The van der Waals surface area contributed by atoms with Gasteiger partial charge in [0.2, 0.25) is 5.75 Å². The molecule has 1 heterocycles. The number of anilines is 2. The fourth-order valence-corrected chi connectivity index (χ4v) is 2.62. The molecule has 2 aromatic carbocycles. The zero-order valence-electron chi connectivity index (χ0n) is 16.6. The second-order valence-corrected chi connectivity index (χ2v) is 6.13. The van der Waals surface area contributed by atoms with Crippen LogP contribution in [0, 0.1) is 0 Å². The lowest BCUT2D eigenvalue weighted by Crippen LogP contribution is -2.07. The van der Waals surface area contributed by atoms with Crippen LogP contribution in [0.25, 0.3) is 11.0 Å². The first-order chi connectivity index (χ1) is 13.5. The molecule has 8 nitrogen and oxygen atoms in total. The Bertz CT molecular complexity index is 979. The molecule has 3 rings (SSSR count). The number of hydrogen-bond acceptors (Lipinski definition) is 7. The second kappa shape index (κ2) is 8.43. The quantitative estimate of drug-likeness (QED) is 0.494. The van der Waals surface area contributed by atoms with Gasteiger partial charge in [0.25, 0.3) is 0 Å². The molecule has 0 saturated carbocycles. The summed E-state index contributed by atoms with van der Waals surface area (Å²) in [5, 5.41) is 3.27. The first kappa shape index (κ1) is 19.2.